The first kappa shape index (κ1) is 20.2. The minimum absolute atomic E-state index is 0.202. The van der Waals surface area contributed by atoms with Crippen LogP contribution in [0.3, 0.4) is 0 Å². The van der Waals surface area contributed by atoms with Crippen LogP contribution in [0.1, 0.15) is 47.5 Å². The van der Waals surface area contributed by atoms with Crippen molar-refractivity contribution in [2.75, 3.05) is 32.9 Å². The zero-order chi connectivity index (χ0) is 14.8. The average molecular weight is 280 g/mol. The van der Waals surface area contributed by atoms with Crippen molar-refractivity contribution in [2.24, 2.45) is 0 Å². The minimum atomic E-state index is -3.01. The smallest absolute Gasteiger partial charge is 0.211 e. The summed E-state index contributed by atoms with van der Waals surface area (Å²) in [7, 11) is -1.33. The number of hydrogen-bond acceptors (Lipinski definition) is 3. The molecular formula is C13H32N2O2S. The van der Waals surface area contributed by atoms with E-state index in [1.807, 2.05) is 27.7 Å². The molecule has 1 heterocycles. The molecule has 0 aromatic rings. The van der Waals surface area contributed by atoms with Crippen LogP contribution in [0.4, 0.5) is 0 Å². The molecule has 4 nitrogen and oxygen atoms in total. The van der Waals surface area contributed by atoms with E-state index in [1.165, 1.54) is 10.6 Å². The molecular weight excluding hydrogens is 248 g/mol. The molecule has 0 atom stereocenters. The van der Waals surface area contributed by atoms with Crippen molar-refractivity contribution < 1.29 is 8.42 Å². The summed E-state index contributed by atoms with van der Waals surface area (Å²) < 4.78 is 24.1. The second-order valence-corrected chi connectivity index (χ2v) is 5.99. The summed E-state index contributed by atoms with van der Waals surface area (Å²) in [4.78, 5) is 2.35. The van der Waals surface area contributed by atoms with Gasteiger partial charge in [-0.1, -0.05) is 34.6 Å². The van der Waals surface area contributed by atoms with Gasteiger partial charge in [0.15, 0.2) is 0 Å². The maximum Gasteiger partial charge on any atom is 0.211 e. The Morgan fingerprint density at radius 2 is 1.50 bits per heavy atom. The van der Waals surface area contributed by atoms with Crippen LogP contribution in [0.5, 0.6) is 0 Å². The summed E-state index contributed by atoms with van der Waals surface area (Å²) in [5, 5.41) is 0. The minimum Gasteiger partial charge on any atom is -0.303 e. The van der Waals surface area contributed by atoms with Crippen molar-refractivity contribution in [3.8, 4) is 0 Å². The van der Waals surface area contributed by atoms with Crippen LogP contribution in [0.2, 0.25) is 0 Å². The number of nitrogens with zero attached hydrogens (tertiary/aromatic N) is 2. The summed E-state index contributed by atoms with van der Waals surface area (Å²) in [5.74, 6) is 0. The second kappa shape index (κ2) is 10.8. The molecule has 112 valence electrons. The van der Waals surface area contributed by atoms with E-state index >= 15 is 0 Å². The summed E-state index contributed by atoms with van der Waals surface area (Å²) in [6.07, 6.45) is 3.19. The lowest BCUT2D eigenvalue weighted by Gasteiger charge is -2.35. The molecule has 18 heavy (non-hydrogen) atoms. The van der Waals surface area contributed by atoms with Gasteiger partial charge in [-0.3, -0.25) is 0 Å². The number of piperidine rings is 1. The van der Waals surface area contributed by atoms with E-state index in [1.54, 1.807) is 7.05 Å². The molecule has 1 rings (SSSR count). The van der Waals surface area contributed by atoms with Crippen molar-refractivity contribution in [3.63, 3.8) is 0 Å². The van der Waals surface area contributed by atoms with E-state index < -0.39 is 10.0 Å². The van der Waals surface area contributed by atoms with Crippen LogP contribution in [0, 0.1) is 0 Å². The fourth-order valence-electron chi connectivity index (χ4n) is 1.87. The zero-order valence-corrected chi connectivity index (χ0v) is 14.0. The Labute approximate surface area is 114 Å². The van der Waals surface area contributed by atoms with Gasteiger partial charge in [-0.25, -0.2) is 12.7 Å². The lowest BCUT2D eigenvalue weighted by Crippen LogP contribution is -2.45. The SMILES string of the molecule is CC.CC.CCN1CCC(N(C)S(C)(=O)=O)CC1. The Morgan fingerprint density at radius 1 is 1.11 bits per heavy atom. The first-order valence-corrected chi connectivity index (χ1v) is 8.95. The van der Waals surface area contributed by atoms with Gasteiger partial charge in [0.1, 0.15) is 0 Å². The molecule has 1 aliphatic rings. The number of hydrogen-bond donors (Lipinski definition) is 0. The standard InChI is InChI=1S/C9H20N2O2S.2C2H6/c1-4-11-7-5-9(6-8-11)10(2)14(3,12)13;2*1-2/h9H,4-8H2,1-3H3;2*1-2H3. The third-order valence-electron chi connectivity index (χ3n) is 3.04. The first-order valence-electron chi connectivity index (χ1n) is 7.10. The highest BCUT2D eigenvalue weighted by Crippen LogP contribution is 2.16. The van der Waals surface area contributed by atoms with Gasteiger partial charge < -0.3 is 4.90 Å². The summed E-state index contributed by atoms with van der Waals surface area (Å²) >= 11 is 0. The van der Waals surface area contributed by atoms with Crippen LogP contribution in [0.25, 0.3) is 0 Å². The van der Waals surface area contributed by atoms with Crippen LogP contribution in [0.15, 0.2) is 0 Å². The highest BCUT2D eigenvalue weighted by Gasteiger charge is 2.26. The molecule has 1 fully saturated rings. The predicted octanol–water partition coefficient (Wildman–Crippen LogP) is 2.41. The molecule has 0 bridgehead atoms. The van der Waals surface area contributed by atoms with Gasteiger partial charge >= 0.3 is 0 Å². The van der Waals surface area contributed by atoms with Crippen molar-refractivity contribution in [1.29, 1.82) is 0 Å². The number of likely N-dealkylation sites (tertiary alicyclic amines) is 1. The van der Waals surface area contributed by atoms with Gasteiger partial charge in [0.25, 0.3) is 0 Å². The van der Waals surface area contributed by atoms with Crippen LogP contribution in [-0.2, 0) is 10.0 Å². The summed E-state index contributed by atoms with van der Waals surface area (Å²) in [6.45, 7) is 13.2. The average Bonchev–Trinajstić information content (AvgIpc) is 2.41. The third-order valence-corrected chi connectivity index (χ3v) is 4.39. The first-order chi connectivity index (χ1) is 8.45. The van der Waals surface area contributed by atoms with Crippen LogP contribution >= 0.6 is 0 Å². The van der Waals surface area contributed by atoms with E-state index in [4.69, 9.17) is 0 Å². The molecule has 0 aromatic carbocycles. The molecule has 0 unspecified atom stereocenters. The predicted molar refractivity (Wildman–Crippen MR) is 80.4 cm³/mol. The molecule has 0 amide bonds. The van der Waals surface area contributed by atoms with Gasteiger partial charge in [-0.15, -0.1) is 0 Å². The van der Waals surface area contributed by atoms with Crippen molar-refractivity contribution in [1.82, 2.24) is 9.21 Å². The Hall–Kier alpha value is -0.130. The second-order valence-electron chi connectivity index (χ2n) is 3.94. The van der Waals surface area contributed by atoms with Crippen molar-refractivity contribution in [2.45, 2.75) is 53.5 Å². The maximum atomic E-state index is 11.3. The Balaban J connectivity index is 0. The number of rotatable bonds is 3. The molecule has 0 aromatic heterocycles. The van der Waals surface area contributed by atoms with Crippen molar-refractivity contribution >= 4 is 10.0 Å². The molecule has 1 aliphatic heterocycles. The Bertz CT molecular complexity index is 271. The number of sulfonamides is 1. The quantitative estimate of drug-likeness (QED) is 0.797. The highest BCUT2D eigenvalue weighted by atomic mass is 32.2. The van der Waals surface area contributed by atoms with Gasteiger partial charge in [-0.2, -0.15) is 0 Å². The Morgan fingerprint density at radius 3 is 1.78 bits per heavy atom. The molecule has 0 N–H and O–H groups in total. The van der Waals surface area contributed by atoms with Gasteiger partial charge in [-0.05, 0) is 32.5 Å². The molecule has 0 aliphatic carbocycles. The van der Waals surface area contributed by atoms with E-state index in [-0.39, 0.29) is 6.04 Å². The third kappa shape index (κ3) is 7.34. The van der Waals surface area contributed by atoms with Gasteiger partial charge in [0.05, 0.1) is 6.26 Å². The lowest BCUT2D eigenvalue weighted by molar-refractivity contribution is 0.177. The van der Waals surface area contributed by atoms with E-state index in [9.17, 15) is 8.42 Å². The molecule has 0 radical (unpaired) electrons. The van der Waals surface area contributed by atoms with Gasteiger partial charge in [0.2, 0.25) is 10.0 Å². The summed E-state index contributed by atoms with van der Waals surface area (Å²) in [6, 6.07) is 0.202. The highest BCUT2D eigenvalue weighted by molar-refractivity contribution is 7.88. The van der Waals surface area contributed by atoms with Crippen molar-refractivity contribution in [3.05, 3.63) is 0 Å². The van der Waals surface area contributed by atoms with Gasteiger partial charge in [0, 0.05) is 13.1 Å². The normalized spacial score (nSPS) is 17.6. The largest absolute Gasteiger partial charge is 0.303 e. The monoisotopic (exact) mass is 280 g/mol. The van der Waals surface area contributed by atoms with E-state index in [2.05, 4.69) is 11.8 Å². The Kier molecular flexibility index (Phi) is 12.1. The van der Waals surface area contributed by atoms with E-state index in [0.29, 0.717) is 0 Å². The fraction of sp³-hybridized carbons (Fsp3) is 1.00. The topological polar surface area (TPSA) is 40.6 Å². The zero-order valence-electron chi connectivity index (χ0n) is 13.2. The fourth-order valence-corrected chi connectivity index (χ4v) is 2.62. The lowest BCUT2D eigenvalue weighted by atomic mass is 10.1. The molecule has 0 spiro atoms. The van der Waals surface area contributed by atoms with E-state index in [0.717, 1.165) is 32.5 Å². The van der Waals surface area contributed by atoms with Crippen LogP contribution in [-0.4, -0.2) is 56.6 Å². The maximum absolute atomic E-state index is 11.3. The molecule has 0 saturated carbocycles. The molecule has 1 saturated heterocycles. The summed E-state index contributed by atoms with van der Waals surface area (Å²) in [5.41, 5.74) is 0. The molecule has 5 heteroatoms. The van der Waals surface area contributed by atoms with Crippen LogP contribution < -0.4 is 0 Å².